The molecular formula is C38H63FN8O17. The number of cyclic esters (lactones) is 1. The van der Waals surface area contributed by atoms with Gasteiger partial charge in [-0.3, -0.25) is 14.5 Å². The summed E-state index contributed by atoms with van der Waals surface area (Å²) in [4.78, 5) is 38.8. The summed E-state index contributed by atoms with van der Waals surface area (Å²) in [7, 11) is 0. The molecule has 1 saturated carbocycles. The van der Waals surface area contributed by atoms with Gasteiger partial charge in [-0.15, -0.1) is 0 Å². The molecule has 364 valence electrons. The van der Waals surface area contributed by atoms with Crippen LogP contribution in [0, 0.1) is 5.82 Å². The number of rotatable bonds is 14. The fourth-order valence-electron chi connectivity index (χ4n) is 7.89. The normalized spacial score (nSPS) is 37.2. The minimum absolute atomic E-state index is 0.0101. The molecule has 1 aromatic rings. The van der Waals surface area contributed by atoms with Crippen LogP contribution in [0.5, 0.6) is 0 Å². The van der Waals surface area contributed by atoms with Gasteiger partial charge in [-0.25, -0.2) is 9.18 Å². The van der Waals surface area contributed by atoms with Gasteiger partial charge in [-0.05, 0) is 37.6 Å². The van der Waals surface area contributed by atoms with Crippen LogP contribution in [0.2, 0.25) is 0 Å². The van der Waals surface area contributed by atoms with Gasteiger partial charge in [0.15, 0.2) is 12.6 Å². The molecule has 64 heavy (non-hydrogen) atoms. The maximum atomic E-state index is 14.4. The van der Waals surface area contributed by atoms with Crippen LogP contribution in [0.1, 0.15) is 19.8 Å². The highest BCUT2D eigenvalue weighted by Crippen LogP contribution is 2.33. The highest BCUT2D eigenvalue weighted by Gasteiger charge is 2.52. The number of benzene rings is 1. The van der Waals surface area contributed by atoms with Crippen molar-refractivity contribution in [3.05, 3.63) is 24.0 Å². The smallest absolute Gasteiger partial charge is 0.414 e. The summed E-state index contributed by atoms with van der Waals surface area (Å²) < 4.78 is 47.4. The first kappa shape index (κ1) is 51.5. The van der Waals surface area contributed by atoms with Gasteiger partial charge in [0.05, 0.1) is 56.4 Å². The molecule has 17 atom stereocenters. The Kier molecular flexibility index (Phi) is 18.7. The van der Waals surface area contributed by atoms with Gasteiger partial charge in [0, 0.05) is 32.6 Å². The Morgan fingerprint density at radius 2 is 1.58 bits per heavy atom. The van der Waals surface area contributed by atoms with Crippen LogP contribution in [0.4, 0.5) is 20.6 Å². The van der Waals surface area contributed by atoms with E-state index in [2.05, 4.69) is 10.6 Å². The molecule has 5 aliphatic rings. The summed E-state index contributed by atoms with van der Waals surface area (Å²) >= 11 is 0. The first-order chi connectivity index (χ1) is 30.4. The third kappa shape index (κ3) is 12.3. The average Bonchev–Trinajstić information content (AvgIpc) is 3.65. The largest absolute Gasteiger partial charge is 0.442 e. The van der Waals surface area contributed by atoms with E-state index in [4.69, 9.17) is 51.4 Å². The zero-order valence-corrected chi connectivity index (χ0v) is 35.2. The highest BCUT2D eigenvalue weighted by atomic mass is 19.1. The van der Waals surface area contributed by atoms with E-state index in [1.54, 1.807) is 12.1 Å². The van der Waals surface area contributed by atoms with Crippen LogP contribution in [-0.4, -0.2) is 222 Å². The lowest BCUT2D eigenvalue weighted by molar-refractivity contribution is -0.332. The predicted molar refractivity (Wildman–Crippen MR) is 217 cm³/mol. The highest BCUT2D eigenvalue weighted by molar-refractivity contribution is 5.90. The topological polar surface area (TPSA) is 403 Å². The van der Waals surface area contributed by atoms with E-state index in [-0.39, 0.29) is 50.7 Å². The van der Waals surface area contributed by atoms with Gasteiger partial charge in [0.25, 0.3) is 0 Å². The first-order valence-electron chi connectivity index (χ1n) is 21.0. The summed E-state index contributed by atoms with van der Waals surface area (Å²) in [5, 5.41) is 87.5. The Morgan fingerprint density at radius 1 is 0.922 bits per heavy atom. The van der Waals surface area contributed by atoms with Gasteiger partial charge in [0.2, 0.25) is 11.8 Å². The van der Waals surface area contributed by atoms with Crippen LogP contribution >= 0.6 is 0 Å². The number of nitrogens with one attached hydrogen (secondary N) is 2. The van der Waals surface area contributed by atoms with Crippen LogP contribution in [-0.2, 0) is 38.0 Å². The predicted octanol–water partition coefficient (Wildman–Crippen LogP) is -7.30. The number of carbonyl (C=O) groups excluding carboxylic acids is 3. The summed E-state index contributed by atoms with van der Waals surface area (Å²) in [6.07, 6.45) is -20.8. The Bertz CT molecular complexity index is 1690. The Morgan fingerprint density at radius 3 is 2.20 bits per heavy atom. The fraction of sp³-hybridized carbons (Fsp3) is 0.763. The molecule has 1 aliphatic carbocycles. The second kappa shape index (κ2) is 23.3. The first-order valence-corrected chi connectivity index (χ1v) is 21.0. The molecule has 0 aromatic heterocycles. The quantitative estimate of drug-likeness (QED) is 0.0824. The Labute approximate surface area is 367 Å². The lowest BCUT2D eigenvalue weighted by Crippen LogP contribution is -2.69. The van der Waals surface area contributed by atoms with Crippen molar-refractivity contribution < 1.29 is 88.0 Å². The molecule has 0 spiro atoms. The number of nitrogens with two attached hydrogens (primary N) is 4. The van der Waals surface area contributed by atoms with Crippen molar-refractivity contribution in [2.45, 2.75) is 124 Å². The van der Waals surface area contributed by atoms with Crippen molar-refractivity contribution in [3.8, 4) is 0 Å². The molecule has 26 heteroatoms. The van der Waals surface area contributed by atoms with Gasteiger partial charge < -0.3 is 108 Å². The van der Waals surface area contributed by atoms with E-state index in [1.807, 2.05) is 4.90 Å². The van der Waals surface area contributed by atoms with Gasteiger partial charge in [-0.2, -0.15) is 0 Å². The number of carbonyl (C=O) groups is 3. The van der Waals surface area contributed by atoms with Crippen molar-refractivity contribution >= 4 is 29.3 Å². The third-order valence-electron chi connectivity index (χ3n) is 11.6. The summed E-state index contributed by atoms with van der Waals surface area (Å²) in [5.74, 6) is -1.42. The number of hydrogen-bond donors (Lipinski definition) is 14. The third-order valence-corrected chi connectivity index (χ3v) is 11.6. The molecule has 4 aliphatic heterocycles. The van der Waals surface area contributed by atoms with E-state index in [0.717, 1.165) is 0 Å². The molecule has 5 fully saturated rings. The van der Waals surface area contributed by atoms with E-state index in [1.165, 1.54) is 17.9 Å². The number of aliphatic hydroxyl groups is 8. The van der Waals surface area contributed by atoms with E-state index < -0.39 is 123 Å². The molecule has 3 amide bonds. The second-order valence-electron chi connectivity index (χ2n) is 16.1. The maximum Gasteiger partial charge on any atom is 0.414 e. The number of halogens is 1. The monoisotopic (exact) mass is 922 g/mol. The van der Waals surface area contributed by atoms with Crippen molar-refractivity contribution in [1.29, 1.82) is 0 Å². The number of hydrogen-bond acceptors (Lipinski definition) is 22. The Balaban J connectivity index is 0.000000272. The molecule has 0 unspecified atom stereocenters. The lowest BCUT2D eigenvalue weighted by atomic mass is 9.83. The maximum absolute atomic E-state index is 14.4. The van der Waals surface area contributed by atoms with E-state index in [9.17, 15) is 59.6 Å². The minimum atomic E-state index is -1.76. The summed E-state index contributed by atoms with van der Waals surface area (Å²) in [6, 6.07) is 1.26. The van der Waals surface area contributed by atoms with Gasteiger partial charge in [-0.1, -0.05) is 0 Å². The van der Waals surface area contributed by atoms with Crippen molar-refractivity contribution in [1.82, 2.24) is 10.6 Å². The number of ether oxygens (including phenoxy) is 6. The zero-order chi connectivity index (χ0) is 47.0. The number of anilines is 2. The van der Waals surface area contributed by atoms with Crippen molar-refractivity contribution in [3.63, 3.8) is 0 Å². The zero-order valence-electron chi connectivity index (χ0n) is 35.2. The van der Waals surface area contributed by atoms with E-state index in [0.29, 0.717) is 37.7 Å². The lowest BCUT2D eigenvalue weighted by Gasteiger charge is -2.49. The number of amides is 3. The van der Waals surface area contributed by atoms with Crippen molar-refractivity contribution in [2.75, 3.05) is 68.9 Å². The SMILES string of the molecule is CC(=O)NC[C@H]1CN(c2ccc(N3CCOCC3)c(F)c2)C(=O)O1.NCC[C@H](O)C(=O)N[C@@H]1C[C@H](N)[C@@H](O[C@H]2O[C@H](CN)[C@@H](O)[C@H](O)[C@H]2O)[C@H](O)[C@H]1O[C@H]1O[C@H](CO)[C@@H](O)[C@H](N)[C@H]1O. The average molecular weight is 923 g/mol. The van der Waals surface area contributed by atoms with Crippen molar-refractivity contribution in [2.24, 2.45) is 22.9 Å². The molecule has 18 N–H and O–H groups in total. The molecule has 0 radical (unpaired) electrons. The number of morpholine rings is 1. The standard InChI is InChI=1S/C22H43N5O13.C16H20FN3O4/c23-2-1-8(29)20(36)27-7-3-6(25)18(39-22-16(34)15(33)13(31)9(4-24)37-22)17(35)19(7)40-21-14(32)11(26)12(30)10(5-28)38-21;1-11(21)18-9-13-10-20(16(22)24-13)12-2-3-15(14(17)8-12)19-4-6-23-7-5-19/h6-19,21-22,28-35H,1-5,23-26H2,(H,27,36);2-3,8,13H,4-7,9-10H2,1H3,(H,18,21)/t6-,7+,8-,9+,10+,11-,12+,13+,14+,15-,16+,17-,18+,19-,21+,22+;13-/m00/s1. The fourth-order valence-corrected chi connectivity index (χ4v) is 7.89. The summed E-state index contributed by atoms with van der Waals surface area (Å²) in [6.45, 7) is 3.44. The van der Waals surface area contributed by atoms with Gasteiger partial charge >= 0.3 is 6.09 Å². The van der Waals surface area contributed by atoms with E-state index >= 15 is 0 Å². The Hall–Kier alpha value is -3.52. The molecule has 25 nitrogen and oxygen atoms in total. The molecule has 6 rings (SSSR count). The number of aliphatic hydroxyl groups excluding tert-OH is 8. The van der Waals surface area contributed by atoms with Crippen LogP contribution in [0.15, 0.2) is 18.2 Å². The number of nitrogens with zero attached hydrogens (tertiary/aromatic N) is 2. The second-order valence-corrected chi connectivity index (χ2v) is 16.1. The van der Waals surface area contributed by atoms with Gasteiger partial charge in [0.1, 0.15) is 79.1 Å². The molecular weight excluding hydrogens is 859 g/mol. The molecule has 1 aromatic carbocycles. The summed E-state index contributed by atoms with van der Waals surface area (Å²) in [5.41, 5.74) is 24.0. The molecule has 0 bridgehead atoms. The molecule has 4 heterocycles. The molecule has 4 saturated heterocycles. The van der Waals surface area contributed by atoms with Crippen LogP contribution in [0.3, 0.4) is 0 Å². The van der Waals surface area contributed by atoms with Crippen LogP contribution < -0.4 is 43.4 Å². The minimum Gasteiger partial charge on any atom is -0.442 e. The van der Waals surface area contributed by atoms with Crippen LogP contribution in [0.25, 0.3) is 0 Å².